The molecule has 1 fully saturated rings. The normalized spacial score (nSPS) is 17.4. The van der Waals surface area contributed by atoms with Crippen LogP contribution < -0.4 is 4.72 Å². The monoisotopic (exact) mass is 245 g/mol. The summed E-state index contributed by atoms with van der Waals surface area (Å²) in [5.74, 6) is 0.586. The molecule has 0 saturated heterocycles. The van der Waals surface area contributed by atoms with Crippen LogP contribution in [0.15, 0.2) is 15.4 Å². The molecule has 90 valence electrons. The smallest absolute Gasteiger partial charge is 0.244 e. The fourth-order valence-electron chi connectivity index (χ4n) is 1.68. The second-order valence-electron chi connectivity index (χ2n) is 4.04. The van der Waals surface area contributed by atoms with Crippen LogP contribution >= 0.6 is 0 Å². The number of aliphatic hydroxyl groups excluding tert-OH is 1. The SMILES string of the molecule is Cc1oc(CO)cc1S(=O)(=O)NC1CCC1. The summed E-state index contributed by atoms with van der Waals surface area (Å²) in [6, 6.07) is 1.42. The molecule has 0 atom stereocenters. The number of hydrogen-bond donors (Lipinski definition) is 2. The van der Waals surface area contributed by atoms with E-state index < -0.39 is 10.0 Å². The first-order chi connectivity index (χ1) is 7.53. The van der Waals surface area contributed by atoms with Gasteiger partial charge >= 0.3 is 0 Å². The number of nitrogens with one attached hydrogen (secondary N) is 1. The summed E-state index contributed by atoms with van der Waals surface area (Å²) < 4.78 is 31.6. The van der Waals surface area contributed by atoms with Crippen molar-refractivity contribution in [2.24, 2.45) is 0 Å². The molecule has 1 saturated carbocycles. The molecule has 1 aromatic rings. The van der Waals surface area contributed by atoms with E-state index >= 15 is 0 Å². The molecule has 1 aliphatic carbocycles. The number of rotatable bonds is 4. The highest BCUT2D eigenvalue weighted by Crippen LogP contribution is 2.24. The van der Waals surface area contributed by atoms with E-state index in [1.165, 1.54) is 6.07 Å². The van der Waals surface area contributed by atoms with Crippen LogP contribution in [0.2, 0.25) is 0 Å². The summed E-state index contributed by atoms with van der Waals surface area (Å²) in [6.07, 6.45) is 2.85. The zero-order valence-corrected chi connectivity index (χ0v) is 9.88. The van der Waals surface area contributed by atoms with E-state index in [0.29, 0.717) is 5.76 Å². The van der Waals surface area contributed by atoms with Crippen molar-refractivity contribution in [3.05, 3.63) is 17.6 Å². The molecule has 2 N–H and O–H groups in total. The van der Waals surface area contributed by atoms with Crippen LogP contribution in [-0.2, 0) is 16.6 Å². The largest absolute Gasteiger partial charge is 0.462 e. The van der Waals surface area contributed by atoms with E-state index in [4.69, 9.17) is 9.52 Å². The Labute approximate surface area is 94.5 Å². The van der Waals surface area contributed by atoms with E-state index in [1.54, 1.807) is 6.92 Å². The van der Waals surface area contributed by atoms with E-state index in [2.05, 4.69) is 4.72 Å². The summed E-state index contributed by atoms with van der Waals surface area (Å²) in [5.41, 5.74) is 0. The fraction of sp³-hybridized carbons (Fsp3) is 0.600. The van der Waals surface area contributed by atoms with Gasteiger partial charge < -0.3 is 9.52 Å². The lowest BCUT2D eigenvalue weighted by Crippen LogP contribution is -2.39. The molecule has 0 aliphatic heterocycles. The van der Waals surface area contributed by atoms with E-state index in [9.17, 15) is 8.42 Å². The maximum absolute atomic E-state index is 11.9. The molecule has 0 bridgehead atoms. The lowest BCUT2D eigenvalue weighted by Gasteiger charge is -2.25. The summed E-state index contributed by atoms with van der Waals surface area (Å²) in [5, 5.41) is 8.87. The van der Waals surface area contributed by atoms with Crippen molar-refractivity contribution in [1.82, 2.24) is 4.72 Å². The average Bonchev–Trinajstić information content (AvgIpc) is 2.54. The highest BCUT2D eigenvalue weighted by molar-refractivity contribution is 7.89. The van der Waals surface area contributed by atoms with Gasteiger partial charge in [0.05, 0.1) is 0 Å². The topological polar surface area (TPSA) is 79.5 Å². The molecule has 2 rings (SSSR count). The standard InChI is InChI=1S/C10H15NO4S/c1-7-10(5-9(6-12)15-7)16(13,14)11-8-3-2-4-8/h5,8,11-12H,2-4,6H2,1H3. The number of furan rings is 1. The summed E-state index contributed by atoms with van der Waals surface area (Å²) in [4.78, 5) is 0.128. The lowest BCUT2D eigenvalue weighted by molar-refractivity contribution is 0.244. The Kier molecular flexibility index (Phi) is 3.05. The van der Waals surface area contributed by atoms with Crippen molar-refractivity contribution in [3.8, 4) is 0 Å². The van der Waals surface area contributed by atoms with Crippen molar-refractivity contribution in [2.75, 3.05) is 0 Å². The Bertz CT molecular complexity index is 473. The highest BCUT2D eigenvalue weighted by Gasteiger charge is 2.27. The number of aliphatic hydroxyl groups is 1. The van der Waals surface area contributed by atoms with Crippen LogP contribution in [0.5, 0.6) is 0 Å². The molecule has 6 heteroatoms. The molecule has 0 spiro atoms. The van der Waals surface area contributed by atoms with Gasteiger partial charge in [-0.1, -0.05) is 6.42 Å². The van der Waals surface area contributed by atoms with Crippen LogP contribution in [-0.4, -0.2) is 19.6 Å². The van der Waals surface area contributed by atoms with Crippen molar-refractivity contribution < 1.29 is 17.9 Å². The van der Waals surface area contributed by atoms with Gasteiger partial charge in [0, 0.05) is 12.1 Å². The van der Waals surface area contributed by atoms with E-state index in [0.717, 1.165) is 19.3 Å². The first-order valence-corrected chi connectivity index (χ1v) is 6.74. The third-order valence-corrected chi connectivity index (χ3v) is 4.42. The Hall–Kier alpha value is -0.850. The average molecular weight is 245 g/mol. The molecule has 5 nitrogen and oxygen atoms in total. The third-order valence-electron chi connectivity index (χ3n) is 2.80. The van der Waals surface area contributed by atoms with Gasteiger partial charge in [0.15, 0.2) is 0 Å². The van der Waals surface area contributed by atoms with Crippen molar-refractivity contribution >= 4 is 10.0 Å². The highest BCUT2D eigenvalue weighted by atomic mass is 32.2. The second-order valence-corrected chi connectivity index (χ2v) is 5.72. The first kappa shape index (κ1) is 11.6. The molecular formula is C10H15NO4S. The maximum atomic E-state index is 11.9. The van der Waals surface area contributed by atoms with Crippen molar-refractivity contribution in [3.63, 3.8) is 0 Å². The van der Waals surface area contributed by atoms with Gasteiger partial charge in [-0.05, 0) is 19.8 Å². The number of sulfonamides is 1. The van der Waals surface area contributed by atoms with E-state index in [1.807, 2.05) is 0 Å². The van der Waals surface area contributed by atoms with Crippen molar-refractivity contribution in [1.29, 1.82) is 0 Å². The molecule has 0 radical (unpaired) electrons. The van der Waals surface area contributed by atoms with Gasteiger partial charge in [0.25, 0.3) is 0 Å². The van der Waals surface area contributed by atoms with Crippen LogP contribution in [0.4, 0.5) is 0 Å². The molecule has 16 heavy (non-hydrogen) atoms. The summed E-state index contributed by atoms with van der Waals surface area (Å²) in [7, 11) is -3.50. The Morgan fingerprint density at radius 1 is 1.56 bits per heavy atom. The van der Waals surface area contributed by atoms with Crippen molar-refractivity contribution in [2.45, 2.75) is 43.7 Å². The predicted molar refractivity (Wildman–Crippen MR) is 57.3 cm³/mol. The molecule has 0 aromatic carbocycles. The van der Waals surface area contributed by atoms with Gasteiger partial charge in [0.1, 0.15) is 23.0 Å². The van der Waals surface area contributed by atoms with Gasteiger partial charge in [-0.2, -0.15) is 0 Å². The zero-order valence-electron chi connectivity index (χ0n) is 9.06. The maximum Gasteiger partial charge on any atom is 0.244 e. The Morgan fingerprint density at radius 3 is 2.69 bits per heavy atom. The zero-order chi connectivity index (χ0) is 11.8. The van der Waals surface area contributed by atoms with Gasteiger partial charge in [-0.3, -0.25) is 0 Å². The van der Waals surface area contributed by atoms with E-state index in [-0.39, 0.29) is 23.3 Å². The van der Waals surface area contributed by atoms with Gasteiger partial charge in [-0.25, -0.2) is 13.1 Å². The van der Waals surface area contributed by atoms with Crippen LogP contribution in [0.25, 0.3) is 0 Å². The Morgan fingerprint density at radius 2 is 2.25 bits per heavy atom. The minimum atomic E-state index is -3.50. The number of aryl methyl sites for hydroxylation is 1. The molecular weight excluding hydrogens is 230 g/mol. The second kappa shape index (κ2) is 4.20. The first-order valence-electron chi connectivity index (χ1n) is 5.25. The molecule has 1 heterocycles. The number of hydrogen-bond acceptors (Lipinski definition) is 4. The summed E-state index contributed by atoms with van der Waals surface area (Å²) in [6.45, 7) is 1.29. The van der Waals surface area contributed by atoms with Gasteiger partial charge in [-0.15, -0.1) is 0 Å². The molecule has 1 aromatic heterocycles. The lowest BCUT2D eigenvalue weighted by atomic mass is 9.94. The van der Waals surface area contributed by atoms with Crippen LogP contribution in [0, 0.1) is 6.92 Å². The molecule has 0 unspecified atom stereocenters. The Balaban J connectivity index is 2.23. The minimum Gasteiger partial charge on any atom is -0.462 e. The fourth-order valence-corrected chi connectivity index (χ4v) is 3.19. The quantitative estimate of drug-likeness (QED) is 0.826. The van der Waals surface area contributed by atoms with Crippen LogP contribution in [0.3, 0.4) is 0 Å². The summed E-state index contributed by atoms with van der Waals surface area (Å²) >= 11 is 0. The van der Waals surface area contributed by atoms with Crippen LogP contribution in [0.1, 0.15) is 30.8 Å². The molecule has 0 amide bonds. The minimum absolute atomic E-state index is 0.0527. The predicted octanol–water partition coefficient (Wildman–Crippen LogP) is 0.911. The molecule has 1 aliphatic rings. The third kappa shape index (κ3) is 2.14. The van der Waals surface area contributed by atoms with Gasteiger partial charge in [0.2, 0.25) is 10.0 Å².